The van der Waals surface area contributed by atoms with E-state index in [-0.39, 0.29) is 18.0 Å². The second kappa shape index (κ2) is 9.40. The van der Waals surface area contributed by atoms with Gasteiger partial charge in [0, 0.05) is 11.6 Å². The molecule has 7 heteroatoms. The maximum absolute atomic E-state index is 12.6. The van der Waals surface area contributed by atoms with Crippen molar-refractivity contribution >= 4 is 41.0 Å². The minimum Gasteiger partial charge on any atom is -0.493 e. The molecule has 3 aromatic rings. The standard InChI is InChI=1S/C21H17N3O3.ClH/c1-26-19-9-8-14(12-20(19)27-2)11-15(13-22)21(25)24-18-7-3-6-17-16(18)5-4-10-23-17;/h3-12H,1-2H3,(H,24,25);1H. The van der Waals surface area contributed by atoms with Gasteiger partial charge in [0.2, 0.25) is 0 Å². The van der Waals surface area contributed by atoms with Gasteiger partial charge < -0.3 is 14.8 Å². The van der Waals surface area contributed by atoms with Gasteiger partial charge >= 0.3 is 0 Å². The summed E-state index contributed by atoms with van der Waals surface area (Å²) in [5.74, 6) is 0.591. The number of methoxy groups -OCH3 is 2. The Labute approximate surface area is 168 Å². The molecule has 1 heterocycles. The molecular formula is C21H18ClN3O3. The zero-order chi connectivity index (χ0) is 19.2. The Balaban J connectivity index is 0.00000280. The molecule has 6 nitrogen and oxygen atoms in total. The third-order valence-corrected chi connectivity index (χ3v) is 3.98. The van der Waals surface area contributed by atoms with Crippen LogP contribution < -0.4 is 14.8 Å². The molecule has 142 valence electrons. The largest absolute Gasteiger partial charge is 0.493 e. The number of amides is 1. The van der Waals surface area contributed by atoms with Gasteiger partial charge in [-0.2, -0.15) is 5.26 Å². The van der Waals surface area contributed by atoms with Gasteiger partial charge in [0.05, 0.1) is 25.4 Å². The van der Waals surface area contributed by atoms with E-state index in [1.54, 1.807) is 49.7 Å². The molecule has 0 aliphatic carbocycles. The molecule has 28 heavy (non-hydrogen) atoms. The highest BCUT2D eigenvalue weighted by molar-refractivity contribution is 6.12. The van der Waals surface area contributed by atoms with Gasteiger partial charge in [-0.3, -0.25) is 9.78 Å². The predicted octanol–water partition coefficient (Wildman–Crippen LogP) is 4.22. The molecule has 0 bridgehead atoms. The first-order valence-electron chi connectivity index (χ1n) is 8.15. The van der Waals surface area contributed by atoms with E-state index in [9.17, 15) is 10.1 Å². The van der Waals surface area contributed by atoms with Crippen molar-refractivity contribution in [1.82, 2.24) is 4.98 Å². The summed E-state index contributed by atoms with van der Waals surface area (Å²) < 4.78 is 10.4. The molecule has 0 atom stereocenters. The number of aromatic nitrogens is 1. The number of nitriles is 1. The summed E-state index contributed by atoms with van der Waals surface area (Å²) in [5.41, 5.74) is 1.98. The maximum Gasteiger partial charge on any atom is 0.266 e. The van der Waals surface area contributed by atoms with Crippen molar-refractivity contribution in [3.63, 3.8) is 0 Å². The van der Waals surface area contributed by atoms with Gasteiger partial charge in [-0.25, -0.2) is 0 Å². The summed E-state index contributed by atoms with van der Waals surface area (Å²) in [6.45, 7) is 0. The smallest absolute Gasteiger partial charge is 0.266 e. The zero-order valence-corrected chi connectivity index (χ0v) is 16.1. The highest BCUT2D eigenvalue weighted by atomic mass is 35.5. The summed E-state index contributed by atoms with van der Waals surface area (Å²) >= 11 is 0. The average Bonchev–Trinajstić information content (AvgIpc) is 2.72. The lowest BCUT2D eigenvalue weighted by molar-refractivity contribution is -0.112. The Hall–Kier alpha value is -3.56. The Kier molecular flexibility index (Phi) is 6.96. The van der Waals surface area contributed by atoms with Gasteiger partial charge in [0.25, 0.3) is 5.91 Å². The highest BCUT2D eigenvalue weighted by Crippen LogP contribution is 2.28. The highest BCUT2D eigenvalue weighted by Gasteiger charge is 2.12. The fraction of sp³-hybridized carbons (Fsp3) is 0.0952. The Morgan fingerprint density at radius 2 is 1.89 bits per heavy atom. The Morgan fingerprint density at radius 1 is 1.11 bits per heavy atom. The number of rotatable bonds is 5. The summed E-state index contributed by atoms with van der Waals surface area (Å²) in [4.78, 5) is 16.9. The number of anilines is 1. The second-order valence-corrected chi connectivity index (χ2v) is 5.61. The second-order valence-electron chi connectivity index (χ2n) is 5.61. The van der Waals surface area contributed by atoms with E-state index in [0.29, 0.717) is 22.7 Å². The number of nitrogens with zero attached hydrogens (tertiary/aromatic N) is 2. The maximum atomic E-state index is 12.6. The normalized spacial score (nSPS) is 10.5. The molecular weight excluding hydrogens is 378 g/mol. The number of pyridine rings is 1. The number of benzene rings is 2. The van der Waals surface area contributed by atoms with E-state index < -0.39 is 5.91 Å². The fourth-order valence-corrected chi connectivity index (χ4v) is 2.66. The van der Waals surface area contributed by atoms with Crippen LogP contribution in [-0.2, 0) is 4.79 Å². The van der Waals surface area contributed by atoms with Gasteiger partial charge in [0.15, 0.2) is 11.5 Å². The number of hydrogen-bond donors (Lipinski definition) is 1. The molecule has 2 aromatic carbocycles. The fourth-order valence-electron chi connectivity index (χ4n) is 2.66. The van der Waals surface area contributed by atoms with Crippen molar-refractivity contribution in [1.29, 1.82) is 5.26 Å². The van der Waals surface area contributed by atoms with Crippen molar-refractivity contribution in [3.8, 4) is 17.6 Å². The third kappa shape index (κ3) is 4.40. The SMILES string of the molecule is COc1ccc(C=C(C#N)C(=O)Nc2cccc3ncccc23)cc1OC.Cl. The minimum absolute atomic E-state index is 0. The molecule has 0 aliphatic rings. The molecule has 0 saturated heterocycles. The average molecular weight is 396 g/mol. The Bertz CT molecular complexity index is 1070. The van der Waals surface area contributed by atoms with Crippen LogP contribution in [0.5, 0.6) is 11.5 Å². The van der Waals surface area contributed by atoms with Crippen LogP contribution in [0.1, 0.15) is 5.56 Å². The van der Waals surface area contributed by atoms with Crippen molar-refractivity contribution in [3.05, 3.63) is 65.9 Å². The quantitative estimate of drug-likeness (QED) is 0.516. The molecule has 1 N–H and O–H groups in total. The first-order valence-corrected chi connectivity index (χ1v) is 8.15. The van der Waals surface area contributed by atoms with Gasteiger partial charge in [-0.15, -0.1) is 12.4 Å². The monoisotopic (exact) mass is 395 g/mol. The van der Waals surface area contributed by atoms with Crippen molar-refractivity contribution in [2.75, 3.05) is 19.5 Å². The number of carbonyl (C=O) groups excluding carboxylic acids is 1. The van der Waals surface area contributed by atoms with Crippen LogP contribution in [-0.4, -0.2) is 25.1 Å². The van der Waals surface area contributed by atoms with Crippen molar-refractivity contribution in [2.45, 2.75) is 0 Å². The van der Waals surface area contributed by atoms with Crippen LogP contribution in [0.4, 0.5) is 5.69 Å². The molecule has 0 spiro atoms. The summed E-state index contributed by atoms with van der Waals surface area (Å²) in [5, 5.41) is 13.0. The number of fused-ring (bicyclic) bond motifs is 1. The van der Waals surface area contributed by atoms with Crippen LogP contribution >= 0.6 is 12.4 Å². The van der Waals surface area contributed by atoms with Crippen LogP contribution in [0.2, 0.25) is 0 Å². The third-order valence-electron chi connectivity index (χ3n) is 3.98. The Morgan fingerprint density at radius 3 is 2.61 bits per heavy atom. The summed E-state index contributed by atoms with van der Waals surface area (Å²) in [6.07, 6.45) is 3.19. The lowest BCUT2D eigenvalue weighted by Gasteiger charge is -2.09. The molecule has 3 rings (SSSR count). The van der Waals surface area contributed by atoms with E-state index in [2.05, 4.69) is 10.3 Å². The van der Waals surface area contributed by atoms with Crippen LogP contribution in [0.3, 0.4) is 0 Å². The predicted molar refractivity (Wildman–Crippen MR) is 111 cm³/mol. The number of hydrogen-bond acceptors (Lipinski definition) is 5. The zero-order valence-electron chi connectivity index (χ0n) is 15.3. The molecule has 0 radical (unpaired) electrons. The van der Waals surface area contributed by atoms with Gasteiger partial charge in [-0.05, 0) is 48.0 Å². The van der Waals surface area contributed by atoms with Gasteiger partial charge in [0.1, 0.15) is 11.6 Å². The minimum atomic E-state index is -0.497. The molecule has 0 unspecified atom stereocenters. The number of nitrogens with one attached hydrogen (secondary N) is 1. The molecule has 0 aliphatic heterocycles. The number of halogens is 1. The number of carbonyl (C=O) groups is 1. The van der Waals surface area contributed by atoms with E-state index in [4.69, 9.17) is 9.47 Å². The summed E-state index contributed by atoms with van der Waals surface area (Å²) in [6, 6.07) is 16.2. The van der Waals surface area contributed by atoms with E-state index in [1.807, 2.05) is 18.2 Å². The van der Waals surface area contributed by atoms with E-state index >= 15 is 0 Å². The van der Waals surface area contributed by atoms with E-state index in [0.717, 1.165) is 10.9 Å². The van der Waals surface area contributed by atoms with E-state index in [1.165, 1.54) is 13.2 Å². The molecule has 1 aromatic heterocycles. The van der Waals surface area contributed by atoms with Gasteiger partial charge in [-0.1, -0.05) is 12.1 Å². The number of ether oxygens (including phenoxy) is 2. The topological polar surface area (TPSA) is 84.2 Å². The van der Waals surface area contributed by atoms with Crippen LogP contribution in [0.25, 0.3) is 17.0 Å². The molecule has 1 amide bonds. The van der Waals surface area contributed by atoms with Crippen molar-refractivity contribution in [2.24, 2.45) is 0 Å². The van der Waals surface area contributed by atoms with Crippen LogP contribution in [0, 0.1) is 11.3 Å². The lowest BCUT2D eigenvalue weighted by Crippen LogP contribution is -2.13. The molecule has 0 saturated carbocycles. The van der Waals surface area contributed by atoms with Crippen molar-refractivity contribution < 1.29 is 14.3 Å². The lowest BCUT2D eigenvalue weighted by atomic mass is 10.1. The first-order chi connectivity index (χ1) is 13.2. The molecule has 0 fully saturated rings. The first kappa shape index (κ1) is 20.7. The summed E-state index contributed by atoms with van der Waals surface area (Å²) in [7, 11) is 3.07. The van der Waals surface area contributed by atoms with Crippen LogP contribution in [0.15, 0.2) is 60.3 Å².